The average molecular weight is 321 g/mol. The molecule has 0 amide bonds. The molecule has 1 fully saturated rings. The zero-order chi connectivity index (χ0) is 15.9. The van der Waals surface area contributed by atoms with Crippen molar-refractivity contribution >= 4 is 19.8 Å². The fourth-order valence-electron chi connectivity index (χ4n) is 5.03. The fraction of sp³-hybridized carbons (Fsp3) is 0.684. The maximum absolute atomic E-state index is 2.51. The Morgan fingerprint density at radius 1 is 1.00 bits per heavy atom. The summed E-state index contributed by atoms with van der Waals surface area (Å²) in [5.41, 5.74) is 0.947. The van der Waals surface area contributed by atoms with Crippen LogP contribution in [0.15, 0.2) is 35.2 Å². The molecule has 2 rings (SSSR count). The van der Waals surface area contributed by atoms with Gasteiger partial charge >= 0.3 is 0 Å². The van der Waals surface area contributed by atoms with Gasteiger partial charge in [0.15, 0.2) is 0 Å². The third-order valence-electron chi connectivity index (χ3n) is 5.75. The van der Waals surface area contributed by atoms with Gasteiger partial charge in [0, 0.05) is 10.1 Å². The molecule has 0 spiro atoms. The minimum Gasteiger partial charge on any atom is -0.123 e. The van der Waals surface area contributed by atoms with E-state index in [0.717, 1.165) is 10.8 Å². The van der Waals surface area contributed by atoms with Crippen molar-refractivity contribution in [3.05, 3.63) is 30.3 Å². The lowest BCUT2D eigenvalue weighted by atomic mass is 10.2. The predicted molar refractivity (Wildman–Crippen MR) is 100 cm³/mol. The van der Waals surface area contributed by atoms with E-state index in [1.165, 1.54) is 17.4 Å². The number of benzene rings is 1. The van der Waals surface area contributed by atoms with Gasteiger partial charge in [-0.3, -0.25) is 0 Å². The van der Waals surface area contributed by atoms with E-state index in [9.17, 15) is 0 Å². The molecule has 2 heteroatoms. The third-order valence-corrected chi connectivity index (χ3v) is 16.1. The summed E-state index contributed by atoms with van der Waals surface area (Å²) in [4.78, 5) is 1.45. The van der Waals surface area contributed by atoms with E-state index in [0.29, 0.717) is 10.1 Å². The SMILES string of the molecule is CC[C@@H]1[C@@H](Sc2ccccc2)C[Si]1(C(C)(C)C)C(C)(C)C. The predicted octanol–water partition coefficient (Wildman–Crippen LogP) is 6.99. The summed E-state index contributed by atoms with van der Waals surface area (Å²) in [6.07, 6.45) is 1.35. The maximum Gasteiger partial charge on any atom is 0.0696 e. The molecule has 0 unspecified atom stereocenters. The van der Waals surface area contributed by atoms with Crippen molar-refractivity contribution in [1.82, 2.24) is 0 Å². The largest absolute Gasteiger partial charge is 0.123 e. The van der Waals surface area contributed by atoms with Gasteiger partial charge in [-0.05, 0) is 33.8 Å². The summed E-state index contributed by atoms with van der Waals surface area (Å²) in [5.74, 6) is 0. The first-order chi connectivity index (χ1) is 9.63. The van der Waals surface area contributed by atoms with E-state index in [4.69, 9.17) is 0 Å². The topological polar surface area (TPSA) is 0 Å². The first-order valence-corrected chi connectivity index (χ1v) is 11.5. The molecule has 2 atom stereocenters. The van der Waals surface area contributed by atoms with E-state index < -0.39 is 8.07 Å². The van der Waals surface area contributed by atoms with Crippen molar-refractivity contribution in [1.29, 1.82) is 0 Å². The van der Waals surface area contributed by atoms with E-state index in [2.05, 4.69) is 90.6 Å². The lowest BCUT2D eigenvalue weighted by molar-refractivity contribution is 0.501. The Kier molecular flexibility index (Phi) is 4.71. The molecule has 21 heavy (non-hydrogen) atoms. The molecule has 1 saturated heterocycles. The highest BCUT2D eigenvalue weighted by Crippen LogP contribution is 2.70. The minimum atomic E-state index is -1.31. The van der Waals surface area contributed by atoms with E-state index in [1.54, 1.807) is 0 Å². The van der Waals surface area contributed by atoms with Crippen molar-refractivity contribution in [2.45, 2.75) is 86.7 Å². The second kappa shape index (κ2) is 5.77. The van der Waals surface area contributed by atoms with Gasteiger partial charge in [-0.1, -0.05) is 73.1 Å². The molecule has 118 valence electrons. The lowest BCUT2D eigenvalue weighted by Gasteiger charge is -2.66. The van der Waals surface area contributed by atoms with Crippen LogP contribution in [0.3, 0.4) is 0 Å². The Balaban J connectivity index is 2.25. The van der Waals surface area contributed by atoms with Crippen LogP contribution in [0, 0.1) is 0 Å². The summed E-state index contributed by atoms with van der Waals surface area (Å²) in [6, 6.07) is 12.5. The van der Waals surface area contributed by atoms with Crippen molar-refractivity contribution in [3.8, 4) is 0 Å². The Morgan fingerprint density at radius 3 is 1.95 bits per heavy atom. The number of rotatable bonds is 3. The summed E-state index contributed by atoms with van der Waals surface area (Å²) in [6.45, 7) is 17.5. The average Bonchev–Trinajstić information content (AvgIpc) is 2.32. The second-order valence-electron chi connectivity index (χ2n) is 8.66. The quantitative estimate of drug-likeness (QED) is 0.541. The number of hydrogen-bond donors (Lipinski definition) is 0. The van der Waals surface area contributed by atoms with Crippen LogP contribution in [0.25, 0.3) is 0 Å². The van der Waals surface area contributed by atoms with Crippen molar-refractivity contribution in [3.63, 3.8) is 0 Å². The van der Waals surface area contributed by atoms with Crippen LogP contribution < -0.4 is 0 Å². The van der Waals surface area contributed by atoms with Gasteiger partial charge in [-0.25, -0.2) is 0 Å². The lowest BCUT2D eigenvalue weighted by Crippen LogP contribution is -2.66. The smallest absolute Gasteiger partial charge is 0.0696 e. The molecule has 0 aliphatic carbocycles. The van der Waals surface area contributed by atoms with Gasteiger partial charge < -0.3 is 0 Å². The molecular formula is C19H32SSi. The fourth-order valence-corrected chi connectivity index (χ4v) is 16.0. The highest BCUT2D eigenvalue weighted by molar-refractivity contribution is 8.00. The normalized spacial score (nSPS) is 25.5. The van der Waals surface area contributed by atoms with Crippen LogP contribution in [-0.2, 0) is 0 Å². The minimum absolute atomic E-state index is 0.500. The van der Waals surface area contributed by atoms with Crippen LogP contribution in [0.4, 0.5) is 0 Å². The number of thioether (sulfide) groups is 1. The van der Waals surface area contributed by atoms with Crippen LogP contribution >= 0.6 is 11.8 Å². The molecule has 0 radical (unpaired) electrons. The monoisotopic (exact) mass is 320 g/mol. The van der Waals surface area contributed by atoms with Crippen molar-refractivity contribution in [2.24, 2.45) is 0 Å². The molecule has 1 aliphatic heterocycles. The molecule has 0 saturated carbocycles. The Morgan fingerprint density at radius 2 is 1.52 bits per heavy atom. The maximum atomic E-state index is 2.51. The molecule has 1 aromatic rings. The molecule has 1 heterocycles. The second-order valence-corrected chi connectivity index (χ2v) is 16.1. The highest BCUT2D eigenvalue weighted by Gasteiger charge is 2.65. The van der Waals surface area contributed by atoms with Crippen LogP contribution in [0.1, 0.15) is 54.9 Å². The third kappa shape index (κ3) is 2.86. The van der Waals surface area contributed by atoms with E-state index in [1.807, 2.05) is 0 Å². The Hall–Kier alpha value is -0.213. The molecule has 1 aliphatic rings. The first-order valence-electron chi connectivity index (χ1n) is 8.35. The van der Waals surface area contributed by atoms with Gasteiger partial charge in [0.2, 0.25) is 0 Å². The van der Waals surface area contributed by atoms with Gasteiger partial charge in [-0.2, -0.15) is 0 Å². The van der Waals surface area contributed by atoms with Gasteiger partial charge in [0.05, 0.1) is 8.07 Å². The Labute approximate surface area is 137 Å². The molecule has 0 nitrogen and oxygen atoms in total. The number of hydrogen-bond acceptors (Lipinski definition) is 1. The molecular weight excluding hydrogens is 288 g/mol. The molecule has 0 aromatic heterocycles. The molecule has 0 bridgehead atoms. The van der Waals surface area contributed by atoms with E-state index in [-0.39, 0.29) is 0 Å². The Bertz CT molecular complexity index is 453. The summed E-state index contributed by atoms with van der Waals surface area (Å²) in [5, 5.41) is 1.84. The van der Waals surface area contributed by atoms with Crippen molar-refractivity contribution in [2.75, 3.05) is 0 Å². The van der Waals surface area contributed by atoms with E-state index >= 15 is 0 Å². The van der Waals surface area contributed by atoms with Crippen molar-refractivity contribution < 1.29 is 0 Å². The van der Waals surface area contributed by atoms with Gasteiger partial charge in [-0.15, -0.1) is 11.8 Å². The van der Waals surface area contributed by atoms with Crippen LogP contribution in [0.2, 0.25) is 21.7 Å². The molecule has 0 N–H and O–H groups in total. The standard InChI is InChI=1S/C19H32SSi/c1-8-17-16(20-15-12-10-9-11-13-15)14-21(17,18(2,3)4)19(5,6)7/h9-13,16-17H,8,14H2,1-7H3/t16-,17+/m0/s1. The summed E-state index contributed by atoms with van der Waals surface area (Å²) >= 11 is 2.13. The van der Waals surface area contributed by atoms with Gasteiger partial charge in [0.1, 0.15) is 0 Å². The highest BCUT2D eigenvalue weighted by atomic mass is 32.2. The molecule has 1 aromatic carbocycles. The van der Waals surface area contributed by atoms with Crippen LogP contribution in [-0.4, -0.2) is 13.3 Å². The zero-order valence-corrected chi connectivity index (χ0v) is 16.7. The van der Waals surface area contributed by atoms with Gasteiger partial charge in [0.25, 0.3) is 0 Å². The first kappa shape index (κ1) is 17.1. The summed E-state index contributed by atoms with van der Waals surface area (Å²) in [7, 11) is -1.31. The van der Waals surface area contributed by atoms with Crippen LogP contribution in [0.5, 0.6) is 0 Å². The zero-order valence-electron chi connectivity index (χ0n) is 14.9. The summed E-state index contributed by atoms with van der Waals surface area (Å²) < 4.78 is 0.